The number of nitrogens with two attached hydrogens (primary N) is 1. The zero-order valence-electron chi connectivity index (χ0n) is 11.3. The summed E-state index contributed by atoms with van der Waals surface area (Å²) < 4.78 is 7.16. The zero-order chi connectivity index (χ0) is 14.4. The van der Waals surface area contributed by atoms with Gasteiger partial charge in [0.2, 0.25) is 5.95 Å². The van der Waals surface area contributed by atoms with Crippen molar-refractivity contribution in [1.29, 1.82) is 0 Å². The second kappa shape index (κ2) is 7.28. The minimum atomic E-state index is -0.554. The molecule has 0 bridgehead atoms. The Bertz CT molecular complexity index is 532. The SMILES string of the molecule is Cn1c(N)nnc1SCC(O)COCc1ccccc1. The molecular weight excluding hydrogens is 276 g/mol. The lowest BCUT2D eigenvalue weighted by atomic mass is 10.2. The fourth-order valence-corrected chi connectivity index (χ4v) is 2.38. The number of nitrogens with zero attached hydrogens (tertiary/aromatic N) is 3. The van der Waals surface area contributed by atoms with E-state index in [4.69, 9.17) is 10.5 Å². The second-order valence-corrected chi connectivity index (χ2v) is 5.35. The lowest BCUT2D eigenvalue weighted by molar-refractivity contribution is 0.0397. The Kier molecular flexibility index (Phi) is 5.40. The average molecular weight is 294 g/mol. The third-order valence-corrected chi connectivity index (χ3v) is 3.86. The number of hydrogen-bond donors (Lipinski definition) is 2. The van der Waals surface area contributed by atoms with Crippen LogP contribution in [0.3, 0.4) is 0 Å². The predicted molar refractivity (Wildman–Crippen MR) is 78.2 cm³/mol. The molecule has 108 valence electrons. The number of aromatic nitrogens is 3. The van der Waals surface area contributed by atoms with Crippen LogP contribution in [0.2, 0.25) is 0 Å². The van der Waals surface area contributed by atoms with Gasteiger partial charge in [-0.25, -0.2) is 0 Å². The van der Waals surface area contributed by atoms with E-state index < -0.39 is 6.10 Å². The first-order chi connectivity index (χ1) is 9.66. The maximum Gasteiger partial charge on any atom is 0.222 e. The van der Waals surface area contributed by atoms with Crippen LogP contribution in [0.15, 0.2) is 35.5 Å². The summed E-state index contributed by atoms with van der Waals surface area (Å²) in [6.45, 7) is 0.786. The number of nitrogen functional groups attached to an aromatic ring is 1. The van der Waals surface area contributed by atoms with Crippen molar-refractivity contribution in [2.75, 3.05) is 18.1 Å². The van der Waals surface area contributed by atoms with E-state index in [2.05, 4.69) is 10.2 Å². The second-order valence-electron chi connectivity index (χ2n) is 4.37. The van der Waals surface area contributed by atoms with Crippen molar-refractivity contribution in [1.82, 2.24) is 14.8 Å². The fraction of sp³-hybridized carbons (Fsp3) is 0.385. The molecule has 2 aromatic rings. The highest BCUT2D eigenvalue weighted by atomic mass is 32.2. The number of aliphatic hydroxyl groups excluding tert-OH is 1. The van der Waals surface area contributed by atoms with Gasteiger partial charge in [-0.2, -0.15) is 0 Å². The van der Waals surface area contributed by atoms with Crippen LogP contribution in [-0.4, -0.2) is 38.3 Å². The normalized spacial score (nSPS) is 12.5. The molecule has 0 fully saturated rings. The molecule has 1 aromatic carbocycles. The quantitative estimate of drug-likeness (QED) is 0.743. The van der Waals surface area contributed by atoms with E-state index in [0.29, 0.717) is 23.5 Å². The van der Waals surface area contributed by atoms with Gasteiger partial charge in [0.1, 0.15) is 0 Å². The predicted octanol–water partition coefficient (Wildman–Crippen LogP) is 1.07. The van der Waals surface area contributed by atoms with E-state index in [1.807, 2.05) is 30.3 Å². The van der Waals surface area contributed by atoms with Gasteiger partial charge >= 0.3 is 0 Å². The van der Waals surface area contributed by atoms with Gasteiger partial charge in [-0.1, -0.05) is 42.1 Å². The number of hydrogen-bond acceptors (Lipinski definition) is 6. The maximum absolute atomic E-state index is 9.85. The highest BCUT2D eigenvalue weighted by Gasteiger charge is 2.10. The molecule has 0 aliphatic rings. The molecule has 0 aliphatic carbocycles. The van der Waals surface area contributed by atoms with Gasteiger partial charge < -0.3 is 15.6 Å². The third kappa shape index (κ3) is 4.22. The summed E-state index contributed by atoms with van der Waals surface area (Å²) in [5, 5.41) is 18.2. The van der Waals surface area contributed by atoms with Crippen molar-refractivity contribution in [2.24, 2.45) is 7.05 Å². The topological polar surface area (TPSA) is 86.2 Å². The molecule has 0 aliphatic heterocycles. The Labute approximate surface area is 122 Å². The van der Waals surface area contributed by atoms with Gasteiger partial charge in [-0.3, -0.25) is 4.57 Å². The Morgan fingerprint density at radius 2 is 2.10 bits per heavy atom. The Balaban J connectivity index is 1.68. The van der Waals surface area contributed by atoms with Gasteiger partial charge in [-0.05, 0) is 5.56 Å². The summed E-state index contributed by atoms with van der Waals surface area (Å²) in [5.74, 6) is 0.850. The fourth-order valence-electron chi connectivity index (χ4n) is 1.56. The molecule has 20 heavy (non-hydrogen) atoms. The average Bonchev–Trinajstić information content (AvgIpc) is 2.78. The van der Waals surface area contributed by atoms with Gasteiger partial charge in [0.15, 0.2) is 5.16 Å². The standard InChI is InChI=1S/C13H18N4O2S/c1-17-12(14)15-16-13(17)20-9-11(18)8-19-7-10-5-3-2-4-6-10/h2-6,11,18H,7-9H2,1H3,(H2,14,15). The summed E-state index contributed by atoms with van der Waals surface area (Å²) in [5.41, 5.74) is 6.67. The van der Waals surface area contributed by atoms with E-state index in [0.717, 1.165) is 5.56 Å². The molecule has 1 aromatic heterocycles. The summed E-state index contributed by atoms with van der Waals surface area (Å²) in [4.78, 5) is 0. The van der Waals surface area contributed by atoms with Crippen LogP contribution in [0.25, 0.3) is 0 Å². The molecule has 0 amide bonds. The van der Waals surface area contributed by atoms with E-state index in [-0.39, 0.29) is 6.61 Å². The molecule has 2 rings (SSSR count). The van der Waals surface area contributed by atoms with Crippen LogP contribution >= 0.6 is 11.8 Å². The van der Waals surface area contributed by atoms with Crippen LogP contribution in [0.1, 0.15) is 5.56 Å². The van der Waals surface area contributed by atoms with E-state index in [1.54, 1.807) is 11.6 Å². The van der Waals surface area contributed by atoms with E-state index in [1.165, 1.54) is 11.8 Å². The van der Waals surface area contributed by atoms with Crippen LogP contribution < -0.4 is 5.73 Å². The summed E-state index contributed by atoms with van der Waals surface area (Å²) >= 11 is 1.40. The van der Waals surface area contributed by atoms with Crippen LogP contribution in [0, 0.1) is 0 Å². The largest absolute Gasteiger partial charge is 0.390 e. The molecule has 1 heterocycles. The van der Waals surface area contributed by atoms with Gasteiger partial charge in [0.05, 0.1) is 19.3 Å². The number of ether oxygens (including phenoxy) is 1. The molecular formula is C13H18N4O2S. The molecule has 0 saturated heterocycles. The number of aliphatic hydroxyl groups is 1. The molecule has 0 radical (unpaired) electrons. The first-order valence-corrected chi connectivity index (χ1v) is 7.22. The first kappa shape index (κ1) is 14.8. The number of thioether (sulfide) groups is 1. The highest BCUT2D eigenvalue weighted by Crippen LogP contribution is 2.17. The van der Waals surface area contributed by atoms with Gasteiger partial charge in [0, 0.05) is 12.8 Å². The van der Waals surface area contributed by atoms with E-state index in [9.17, 15) is 5.11 Å². The number of benzene rings is 1. The number of rotatable bonds is 7. The van der Waals surface area contributed by atoms with Crippen molar-refractivity contribution >= 4 is 17.7 Å². The minimum absolute atomic E-state index is 0.287. The Morgan fingerprint density at radius 1 is 1.35 bits per heavy atom. The molecule has 1 unspecified atom stereocenters. The Hall–Kier alpha value is -1.57. The van der Waals surface area contributed by atoms with Crippen LogP contribution in [0.5, 0.6) is 0 Å². The van der Waals surface area contributed by atoms with Crippen LogP contribution in [0.4, 0.5) is 5.95 Å². The van der Waals surface area contributed by atoms with Crippen LogP contribution in [-0.2, 0) is 18.4 Å². The molecule has 1 atom stereocenters. The van der Waals surface area contributed by atoms with Gasteiger partial charge in [0.25, 0.3) is 0 Å². The first-order valence-electron chi connectivity index (χ1n) is 6.24. The van der Waals surface area contributed by atoms with Gasteiger partial charge in [-0.15, -0.1) is 10.2 Å². The molecule has 3 N–H and O–H groups in total. The summed E-state index contributed by atoms with van der Waals surface area (Å²) in [7, 11) is 1.79. The summed E-state index contributed by atoms with van der Waals surface area (Å²) in [6.07, 6.45) is -0.554. The van der Waals surface area contributed by atoms with Crippen molar-refractivity contribution in [3.8, 4) is 0 Å². The zero-order valence-corrected chi connectivity index (χ0v) is 12.1. The third-order valence-electron chi connectivity index (χ3n) is 2.70. The summed E-state index contributed by atoms with van der Waals surface area (Å²) in [6, 6.07) is 9.86. The highest BCUT2D eigenvalue weighted by molar-refractivity contribution is 7.99. The lowest BCUT2D eigenvalue weighted by Gasteiger charge is -2.10. The monoisotopic (exact) mass is 294 g/mol. The Morgan fingerprint density at radius 3 is 2.75 bits per heavy atom. The lowest BCUT2D eigenvalue weighted by Crippen LogP contribution is -2.18. The van der Waals surface area contributed by atoms with Crippen molar-refractivity contribution < 1.29 is 9.84 Å². The van der Waals surface area contributed by atoms with Crippen molar-refractivity contribution in [2.45, 2.75) is 17.9 Å². The van der Waals surface area contributed by atoms with Crippen molar-refractivity contribution in [3.05, 3.63) is 35.9 Å². The van der Waals surface area contributed by atoms with E-state index >= 15 is 0 Å². The number of anilines is 1. The maximum atomic E-state index is 9.85. The van der Waals surface area contributed by atoms with Crippen molar-refractivity contribution in [3.63, 3.8) is 0 Å². The minimum Gasteiger partial charge on any atom is -0.390 e. The smallest absolute Gasteiger partial charge is 0.222 e. The molecule has 0 spiro atoms. The molecule has 7 heteroatoms. The molecule has 0 saturated carbocycles. The molecule has 6 nitrogen and oxygen atoms in total.